The van der Waals surface area contributed by atoms with Crippen LogP contribution in [0, 0.1) is 0 Å². The number of rotatable bonds is 4. The number of hydrogen-bond acceptors (Lipinski definition) is 5. The van der Waals surface area contributed by atoms with Crippen LogP contribution in [-0.2, 0) is 4.74 Å². The highest BCUT2D eigenvalue weighted by Gasteiger charge is 2.21. The van der Waals surface area contributed by atoms with E-state index in [0.29, 0.717) is 11.9 Å². The average molecular weight is 279 g/mol. The number of aromatic nitrogens is 2. The Balaban J connectivity index is 1.39. The zero-order valence-electron chi connectivity index (χ0n) is 12.1. The topological polar surface area (TPSA) is 59.5 Å². The van der Waals surface area contributed by atoms with Crippen molar-refractivity contribution < 1.29 is 4.74 Å². The summed E-state index contributed by atoms with van der Waals surface area (Å²) in [6.07, 6.45) is 4.35. The maximum Gasteiger partial charge on any atom is 0.145 e. The number of anilines is 1. The van der Waals surface area contributed by atoms with Crippen LogP contribution < -0.4 is 5.73 Å². The van der Waals surface area contributed by atoms with Crippen LogP contribution in [0.3, 0.4) is 0 Å². The van der Waals surface area contributed by atoms with E-state index in [1.54, 1.807) is 0 Å². The fraction of sp³-hybridized carbons (Fsp3) is 0.786. The highest BCUT2D eigenvalue weighted by Crippen LogP contribution is 2.22. The van der Waals surface area contributed by atoms with Gasteiger partial charge in [0.15, 0.2) is 0 Å². The summed E-state index contributed by atoms with van der Waals surface area (Å²) in [4.78, 5) is 5.07. The highest BCUT2D eigenvalue weighted by molar-refractivity contribution is 5.24. The zero-order valence-corrected chi connectivity index (χ0v) is 12.1. The third kappa shape index (κ3) is 3.50. The van der Waals surface area contributed by atoms with Gasteiger partial charge in [0, 0.05) is 45.5 Å². The van der Waals surface area contributed by atoms with Crippen LogP contribution in [0.15, 0.2) is 12.3 Å². The van der Waals surface area contributed by atoms with Crippen molar-refractivity contribution in [2.24, 2.45) is 0 Å². The van der Waals surface area contributed by atoms with Gasteiger partial charge in [0.2, 0.25) is 0 Å². The molecule has 0 bridgehead atoms. The fourth-order valence-corrected chi connectivity index (χ4v) is 3.07. The molecule has 0 spiro atoms. The lowest BCUT2D eigenvalue weighted by molar-refractivity contribution is 0.0314. The molecule has 0 aromatic carbocycles. The number of piperidine rings is 1. The van der Waals surface area contributed by atoms with Crippen molar-refractivity contribution in [3.05, 3.63) is 12.3 Å². The molecule has 2 saturated heterocycles. The molecule has 6 nitrogen and oxygen atoms in total. The molecule has 0 atom stereocenters. The first-order valence-corrected chi connectivity index (χ1v) is 7.64. The number of nitrogens with two attached hydrogens (primary N) is 1. The van der Waals surface area contributed by atoms with Gasteiger partial charge in [0.25, 0.3) is 0 Å². The molecule has 1 aromatic heterocycles. The van der Waals surface area contributed by atoms with E-state index in [2.05, 4.69) is 14.9 Å². The highest BCUT2D eigenvalue weighted by atomic mass is 16.5. The summed E-state index contributed by atoms with van der Waals surface area (Å²) in [5.41, 5.74) is 5.68. The first-order chi connectivity index (χ1) is 9.81. The minimum absolute atomic E-state index is 0.520. The maximum atomic E-state index is 5.68. The molecule has 0 saturated carbocycles. The number of morpholine rings is 1. The predicted molar refractivity (Wildman–Crippen MR) is 78.6 cm³/mol. The van der Waals surface area contributed by atoms with Crippen LogP contribution in [0.4, 0.5) is 5.82 Å². The third-order valence-corrected chi connectivity index (χ3v) is 4.40. The van der Waals surface area contributed by atoms with E-state index in [-0.39, 0.29) is 0 Å². The molecule has 3 heterocycles. The van der Waals surface area contributed by atoms with Crippen LogP contribution in [0.1, 0.15) is 18.9 Å². The second kappa shape index (κ2) is 6.56. The molecule has 0 amide bonds. The minimum Gasteiger partial charge on any atom is -0.382 e. The Morgan fingerprint density at radius 3 is 2.35 bits per heavy atom. The normalized spacial score (nSPS) is 23.2. The lowest BCUT2D eigenvalue weighted by Crippen LogP contribution is -2.43. The van der Waals surface area contributed by atoms with Gasteiger partial charge in [-0.05, 0) is 18.9 Å². The van der Waals surface area contributed by atoms with Gasteiger partial charge in [0.1, 0.15) is 5.82 Å². The first kappa shape index (κ1) is 13.9. The van der Waals surface area contributed by atoms with Gasteiger partial charge in [-0.3, -0.25) is 9.58 Å². The Morgan fingerprint density at radius 2 is 1.75 bits per heavy atom. The molecule has 2 aliphatic rings. The van der Waals surface area contributed by atoms with Crippen LogP contribution in [0.5, 0.6) is 0 Å². The largest absolute Gasteiger partial charge is 0.382 e. The maximum absolute atomic E-state index is 5.68. The Labute approximate surface area is 120 Å². The average Bonchev–Trinajstić information content (AvgIpc) is 2.93. The van der Waals surface area contributed by atoms with Gasteiger partial charge < -0.3 is 15.4 Å². The molecule has 2 aliphatic heterocycles. The van der Waals surface area contributed by atoms with Crippen molar-refractivity contribution in [3.63, 3.8) is 0 Å². The summed E-state index contributed by atoms with van der Waals surface area (Å²) in [7, 11) is 0. The summed E-state index contributed by atoms with van der Waals surface area (Å²) in [6, 6.07) is 2.40. The zero-order chi connectivity index (χ0) is 13.8. The standard InChI is InChI=1S/C14H25N5O/c15-14-3-6-19(16-14)13-1-4-17(5-2-13)7-8-18-9-11-20-12-10-18/h3,6,13H,1-2,4-5,7-12H2,(H2,15,16). The number of nitrogens with zero attached hydrogens (tertiary/aromatic N) is 4. The van der Waals surface area contributed by atoms with Gasteiger partial charge in [-0.25, -0.2) is 0 Å². The lowest BCUT2D eigenvalue weighted by atomic mass is 10.1. The van der Waals surface area contributed by atoms with Crippen molar-refractivity contribution >= 4 is 5.82 Å². The molecular formula is C14H25N5O. The summed E-state index contributed by atoms with van der Waals surface area (Å²) >= 11 is 0. The fourth-order valence-electron chi connectivity index (χ4n) is 3.07. The van der Waals surface area contributed by atoms with E-state index in [4.69, 9.17) is 10.5 Å². The van der Waals surface area contributed by atoms with E-state index < -0.39 is 0 Å². The molecular weight excluding hydrogens is 254 g/mol. The molecule has 1 aromatic rings. The molecule has 3 rings (SSSR count). The number of hydrogen-bond donors (Lipinski definition) is 1. The van der Waals surface area contributed by atoms with Gasteiger partial charge in [-0.2, -0.15) is 5.10 Å². The molecule has 2 fully saturated rings. The quantitative estimate of drug-likeness (QED) is 0.866. The molecule has 0 radical (unpaired) electrons. The molecule has 2 N–H and O–H groups in total. The SMILES string of the molecule is Nc1ccn(C2CCN(CCN3CCOCC3)CC2)n1. The molecule has 6 heteroatoms. The van der Waals surface area contributed by atoms with E-state index in [1.165, 1.54) is 25.9 Å². The van der Waals surface area contributed by atoms with Gasteiger partial charge in [-0.1, -0.05) is 0 Å². The summed E-state index contributed by atoms with van der Waals surface area (Å²) in [6.45, 7) is 8.62. The Kier molecular flexibility index (Phi) is 4.54. The van der Waals surface area contributed by atoms with Crippen molar-refractivity contribution in [1.29, 1.82) is 0 Å². The predicted octanol–water partition coefficient (Wildman–Crippen LogP) is 0.434. The molecule has 0 unspecified atom stereocenters. The van der Waals surface area contributed by atoms with Crippen molar-refractivity contribution in [3.8, 4) is 0 Å². The van der Waals surface area contributed by atoms with E-state index in [0.717, 1.165) is 39.4 Å². The summed E-state index contributed by atoms with van der Waals surface area (Å²) in [5, 5.41) is 4.33. The van der Waals surface area contributed by atoms with Gasteiger partial charge in [-0.15, -0.1) is 0 Å². The van der Waals surface area contributed by atoms with Crippen LogP contribution >= 0.6 is 0 Å². The second-order valence-corrected chi connectivity index (χ2v) is 5.75. The molecule has 0 aliphatic carbocycles. The van der Waals surface area contributed by atoms with Gasteiger partial charge >= 0.3 is 0 Å². The Morgan fingerprint density at radius 1 is 1.10 bits per heavy atom. The van der Waals surface area contributed by atoms with E-state index in [9.17, 15) is 0 Å². The van der Waals surface area contributed by atoms with Crippen molar-refractivity contribution in [2.45, 2.75) is 18.9 Å². The number of likely N-dealkylation sites (tertiary alicyclic amines) is 1. The second-order valence-electron chi connectivity index (χ2n) is 5.75. The number of nitrogen functional groups attached to an aromatic ring is 1. The smallest absolute Gasteiger partial charge is 0.145 e. The van der Waals surface area contributed by atoms with Crippen LogP contribution in [0.25, 0.3) is 0 Å². The van der Waals surface area contributed by atoms with Crippen LogP contribution in [-0.4, -0.2) is 72.1 Å². The van der Waals surface area contributed by atoms with E-state index in [1.807, 2.05) is 16.9 Å². The summed E-state index contributed by atoms with van der Waals surface area (Å²) < 4.78 is 7.42. The monoisotopic (exact) mass is 279 g/mol. The Bertz CT molecular complexity index is 407. The third-order valence-electron chi connectivity index (χ3n) is 4.40. The summed E-state index contributed by atoms with van der Waals surface area (Å²) in [5.74, 6) is 0.625. The Hall–Kier alpha value is -1.11. The van der Waals surface area contributed by atoms with Crippen molar-refractivity contribution in [2.75, 3.05) is 58.2 Å². The number of ether oxygens (including phenoxy) is 1. The van der Waals surface area contributed by atoms with E-state index >= 15 is 0 Å². The first-order valence-electron chi connectivity index (χ1n) is 7.64. The van der Waals surface area contributed by atoms with Crippen LogP contribution in [0.2, 0.25) is 0 Å². The van der Waals surface area contributed by atoms with Gasteiger partial charge in [0.05, 0.1) is 19.3 Å². The lowest BCUT2D eigenvalue weighted by Gasteiger charge is -2.34. The molecule has 20 heavy (non-hydrogen) atoms. The van der Waals surface area contributed by atoms with Crippen molar-refractivity contribution in [1.82, 2.24) is 19.6 Å². The minimum atomic E-state index is 0.520. The molecule has 112 valence electrons.